The van der Waals surface area contributed by atoms with E-state index in [0.29, 0.717) is 30.0 Å². The molecule has 0 unspecified atom stereocenters. The van der Waals surface area contributed by atoms with E-state index in [9.17, 15) is 14.7 Å². The lowest BCUT2D eigenvalue weighted by molar-refractivity contribution is -0.150. The van der Waals surface area contributed by atoms with E-state index in [1.807, 2.05) is 20.0 Å². The number of rotatable bonds is 5. The number of carbonyl (C=O) groups excluding carboxylic acids is 1. The lowest BCUT2D eigenvalue weighted by Gasteiger charge is -2.33. The van der Waals surface area contributed by atoms with Crippen LogP contribution >= 0.6 is 0 Å². The predicted octanol–water partition coefficient (Wildman–Crippen LogP) is 2.92. The van der Waals surface area contributed by atoms with Crippen molar-refractivity contribution < 1.29 is 14.7 Å². The molecule has 144 valence electrons. The quantitative estimate of drug-likeness (QED) is 0.843. The van der Waals surface area contributed by atoms with Gasteiger partial charge < -0.3 is 10.4 Å². The number of nitrogens with zero attached hydrogens (tertiary/aromatic N) is 3. The van der Waals surface area contributed by atoms with Crippen molar-refractivity contribution >= 4 is 22.9 Å². The van der Waals surface area contributed by atoms with Crippen LogP contribution in [-0.4, -0.2) is 38.3 Å². The van der Waals surface area contributed by atoms with Gasteiger partial charge in [0.25, 0.3) is 5.91 Å². The molecule has 0 spiro atoms. The maximum absolute atomic E-state index is 13.1. The van der Waals surface area contributed by atoms with Crippen LogP contribution in [0.3, 0.4) is 0 Å². The van der Waals surface area contributed by atoms with Gasteiger partial charge >= 0.3 is 5.97 Å². The second-order valence-corrected chi connectivity index (χ2v) is 8.11. The van der Waals surface area contributed by atoms with Gasteiger partial charge in [0.1, 0.15) is 0 Å². The number of fused-ring (bicyclic) bond motifs is 1. The largest absolute Gasteiger partial charge is 0.481 e. The monoisotopic (exact) mass is 370 g/mol. The maximum Gasteiger partial charge on any atom is 0.311 e. The number of pyridine rings is 1. The van der Waals surface area contributed by atoms with Crippen LogP contribution in [0, 0.1) is 12.3 Å². The molecule has 7 heteroatoms. The third kappa shape index (κ3) is 3.19. The molecule has 4 rings (SSSR count). The van der Waals surface area contributed by atoms with Crippen molar-refractivity contribution in [3.05, 3.63) is 23.0 Å². The van der Waals surface area contributed by atoms with Crippen molar-refractivity contribution in [3.63, 3.8) is 0 Å². The summed E-state index contributed by atoms with van der Waals surface area (Å²) < 4.78 is 1.72. The molecule has 0 aliphatic heterocycles. The number of hydrogen-bond donors (Lipinski definition) is 2. The Kier molecular flexibility index (Phi) is 4.40. The Morgan fingerprint density at radius 1 is 1.30 bits per heavy atom. The van der Waals surface area contributed by atoms with Gasteiger partial charge in [0.2, 0.25) is 0 Å². The van der Waals surface area contributed by atoms with Gasteiger partial charge in [-0.2, -0.15) is 5.10 Å². The molecule has 2 aliphatic carbocycles. The van der Waals surface area contributed by atoms with E-state index in [1.165, 1.54) is 0 Å². The summed E-state index contributed by atoms with van der Waals surface area (Å²) in [4.78, 5) is 29.6. The highest BCUT2D eigenvalue weighted by Gasteiger charge is 2.40. The molecular formula is C20H26N4O3. The summed E-state index contributed by atoms with van der Waals surface area (Å²) in [5.74, 6) is -0.620. The van der Waals surface area contributed by atoms with Crippen molar-refractivity contribution in [1.82, 2.24) is 20.1 Å². The first kappa shape index (κ1) is 17.9. The van der Waals surface area contributed by atoms with Crippen molar-refractivity contribution in [2.75, 3.05) is 6.54 Å². The van der Waals surface area contributed by atoms with Crippen LogP contribution in [0.4, 0.5) is 0 Å². The van der Waals surface area contributed by atoms with E-state index in [-0.39, 0.29) is 12.5 Å². The molecular weight excluding hydrogens is 344 g/mol. The number of carboxylic acid groups (broad SMARTS) is 1. The van der Waals surface area contributed by atoms with Gasteiger partial charge in [0, 0.05) is 25.2 Å². The molecule has 0 saturated heterocycles. The molecule has 2 heterocycles. The zero-order valence-corrected chi connectivity index (χ0v) is 15.9. The van der Waals surface area contributed by atoms with Crippen LogP contribution in [0.5, 0.6) is 0 Å². The number of carboxylic acids is 1. The van der Waals surface area contributed by atoms with Crippen LogP contribution < -0.4 is 5.32 Å². The highest BCUT2D eigenvalue weighted by atomic mass is 16.4. The predicted molar refractivity (Wildman–Crippen MR) is 101 cm³/mol. The number of aliphatic carboxylic acids is 1. The molecule has 2 aromatic rings. The number of carbonyl (C=O) groups is 2. The Morgan fingerprint density at radius 2 is 2.00 bits per heavy atom. The van der Waals surface area contributed by atoms with Gasteiger partial charge in [0.05, 0.1) is 22.1 Å². The Labute approximate surface area is 158 Å². The van der Waals surface area contributed by atoms with E-state index >= 15 is 0 Å². The van der Waals surface area contributed by atoms with Gasteiger partial charge in [-0.1, -0.05) is 19.3 Å². The average Bonchev–Trinajstić information content (AvgIpc) is 3.46. The molecule has 2 aromatic heterocycles. The zero-order valence-electron chi connectivity index (χ0n) is 15.9. The van der Waals surface area contributed by atoms with Gasteiger partial charge in [-0.15, -0.1) is 0 Å². The summed E-state index contributed by atoms with van der Waals surface area (Å²) in [6.45, 7) is 2.04. The second kappa shape index (κ2) is 6.62. The minimum atomic E-state index is -0.844. The smallest absolute Gasteiger partial charge is 0.311 e. The van der Waals surface area contributed by atoms with Crippen LogP contribution in [0.2, 0.25) is 0 Å². The number of amides is 1. The third-order valence-corrected chi connectivity index (χ3v) is 6.08. The molecule has 0 atom stereocenters. The van der Waals surface area contributed by atoms with Gasteiger partial charge in [-0.05, 0) is 38.7 Å². The third-order valence-electron chi connectivity index (χ3n) is 6.08. The molecule has 27 heavy (non-hydrogen) atoms. The van der Waals surface area contributed by atoms with E-state index in [2.05, 4.69) is 10.4 Å². The lowest BCUT2D eigenvalue weighted by Crippen LogP contribution is -2.44. The molecule has 7 nitrogen and oxygen atoms in total. The molecule has 2 fully saturated rings. The summed E-state index contributed by atoms with van der Waals surface area (Å²) in [6, 6.07) is 1.87. The fourth-order valence-electron chi connectivity index (χ4n) is 4.27. The highest BCUT2D eigenvalue weighted by Crippen LogP contribution is 2.40. The lowest BCUT2D eigenvalue weighted by atomic mass is 9.74. The number of aromatic nitrogens is 3. The summed E-state index contributed by atoms with van der Waals surface area (Å²) in [5.41, 5.74) is 2.12. The van der Waals surface area contributed by atoms with E-state index in [1.54, 1.807) is 4.68 Å². The van der Waals surface area contributed by atoms with Gasteiger partial charge in [-0.3, -0.25) is 14.3 Å². The van der Waals surface area contributed by atoms with Crippen molar-refractivity contribution in [2.24, 2.45) is 12.5 Å². The van der Waals surface area contributed by atoms with Crippen molar-refractivity contribution in [2.45, 2.75) is 57.8 Å². The molecule has 1 amide bonds. The number of hydrogen-bond acceptors (Lipinski definition) is 4. The summed E-state index contributed by atoms with van der Waals surface area (Å²) in [7, 11) is 1.84. The average molecular weight is 370 g/mol. The van der Waals surface area contributed by atoms with Crippen LogP contribution in [0.25, 0.3) is 11.0 Å². The minimum absolute atomic E-state index is 0.170. The maximum atomic E-state index is 13.1. The molecule has 2 N–H and O–H groups in total. The van der Waals surface area contributed by atoms with Gasteiger partial charge in [0.15, 0.2) is 5.65 Å². The number of nitrogens with one attached hydrogen (secondary N) is 1. The highest BCUT2D eigenvalue weighted by molar-refractivity contribution is 6.06. The topological polar surface area (TPSA) is 97.1 Å². The standard InChI is InChI=1S/C20H26N4O3/c1-12-16-14(10-15(13-6-7-13)22-17(16)24(2)23-12)18(25)21-11-20(19(26)27)8-4-3-5-9-20/h10,13H,3-9,11H2,1-2H3,(H,21,25)(H,26,27). The summed E-state index contributed by atoms with van der Waals surface area (Å²) in [6.07, 6.45) is 6.29. The van der Waals surface area contributed by atoms with Crippen molar-refractivity contribution in [3.8, 4) is 0 Å². The van der Waals surface area contributed by atoms with Crippen LogP contribution in [-0.2, 0) is 11.8 Å². The molecule has 0 aromatic carbocycles. The fourth-order valence-corrected chi connectivity index (χ4v) is 4.27. The van der Waals surface area contributed by atoms with E-state index in [4.69, 9.17) is 4.98 Å². The first-order valence-electron chi connectivity index (χ1n) is 9.77. The molecule has 0 bridgehead atoms. The second-order valence-electron chi connectivity index (χ2n) is 8.11. The van der Waals surface area contributed by atoms with Crippen LogP contribution in [0.1, 0.15) is 72.6 Å². The normalized spacial score (nSPS) is 19.2. The van der Waals surface area contributed by atoms with Gasteiger partial charge in [-0.25, -0.2) is 4.98 Å². The Hall–Kier alpha value is -2.44. The first-order chi connectivity index (χ1) is 12.9. The Bertz CT molecular complexity index is 908. The van der Waals surface area contributed by atoms with Crippen molar-refractivity contribution in [1.29, 1.82) is 0 Å². The molecule has 0 radical (unpaired) electrons. The first-order valence-corrected chi connectivity index (χ1v) is 9.77. The Balaban J connectivity index is 1.65. The summed E-state index contributed by atoms with van der Waals surface area (Å²) in [5, 5.41) is 17.8. The molecule has 2 aliphatic rings. The Morgan fingerprint density at radius 3 is 2.63 bits per heavy atom. The minimum Gasteiger partial charge on any atom is -0.481 e. The summed E-state index contributed by atoms with van der Waals surface area (Å²) >= 11 is 0. The zero-order chi connectivity index (χ0) is 19.2. The van der Waals surface area contributed by atoms with E-state index < -0.39 is 11.4 Å². The van der Waals surface area contributed by atoms with Crippen LogP contribution in [0.15, 0.2) is 6.07 Å². The SMILES string of the molecule is Cc1nn(C)c2nc(C3CC3)cc(C(=O)NCC3(C(=O)O)CCCCC3)c12. The fraction of sp³-hybridized carbons (Fsp3) is 0.600. The molecule has 2 saturated carbocycles. The number of aryl methyl sites for hydroxylation is 2. The van der Waals surface area contributed by atoms with E-state index in [0.717, 1.165) is 48.9 Å².